The number of hydrogen-bond acceptors (Lipinski definition) is 4. The van der Waals surface area contributed by atoms with E-state index in [1.807, 2.05) is 19.3 Å². The molecule has 2 heterocycles. The van der Waals surface area contributed by atoms with Crippen molar-refractivity contribution in [1.29, 1.82) is 0 Å². The maximum atomic E-state index is 5.96. The van der Waals surface area contributed by atoms with Crippen LogP contribution in [-0.4, -0.2) is 20.6 Å². The Morgan fingerprint density at radius 3 is 3.00 bits per heavy atom. The third-order valence-electron chi connectivity index (χ3n) is 2.77. The molecule has 0 saturated heterocycles. The summed E-state index contributed by atoms with van der Waals surface area (Å²) >= 11 is 1.68. The fourth-order valence-electron chi connectivity index (χ4n) is 1.71. The lowest BCUT2D eigenvalue weighted by Gasteiger charge is -2.10. The van der Waals surface area contributed by atoms with Gasteiger partial charge in [0.05, 0.1) is 17.2 Å². The molecule has 1 atom stereocenters. The Morgan fingerprint density at radius 2 is 2.35 bits per heavy atom. The second-order valence-corrected chi connectivity index (χ2v) is 5.26. The molecule has 0 aromatic carbocycles. The Balaban J connectivity index is 2.08. The summed E-state index contributed by atoms with van der Waals surface area (Å²) in [6.45, 7) is 4.91. The molecule has 17 heavy (non-hydrogen) atoms. The average molecular weight is 250 g/mol. The van der Waals surface area contributed by atoms with Gasteiger partial charge in [0.2, 0.25) is 0 Å². The topological polar surface area (TPSA) is 56.7 Å². The van der Waals surface area contributed by atoms with Crippen molar-refractivity contribution in [1.82, 2.24) is 14.5 Å². The van der Waals surface area contributed by atoms with E-state index < -0.39 is 0 Å². The maximum Gasteiger partial charge on any atom is 0.110 e. The largest absolute Gasteiger partial charge is 0.329 e. The van der Waals surface area contributed by atoms with Crippen LogP contribution < -0.4 is 5.73 Å². The number of aromatic nitrogens is 3. The van der Waals surface area contributed by atoms with E-state index in [0.717, 1.165) is 35.9 Å². The zero-order valence-corrected chi connectivity index (χ0v) is 11.1. The van der Waals surface area contributed by atoms with Crippen LogP contribution in [0.3, 0.4) is 0 Å². The third kappa shape index (κ3) is 3.14. The summed E-state index contributed by atoms with van der Waals surface area (Å²) in [5, 5.41) is 3.20. The molecule has 0 bridgehead atoms. The minimum atomic E-state index is 0.188. The van der Waals surface area contributed by atoms with Gasteiger partial charge in [-0.05, 0) is 13.3 Å². The summed E-state index contributed by atoms with van der Waals surface area (Å²) in [7, 11) is 0. The number of aryl methyl sites for hydroxylation is 1. The van der Waals surface area contributed by atoms with Crippen molar-refractivity contribution in [3.05, 3.63) is 34.3 Å². The quantitative estimate of drug-likeness (QED) is 0.882. The second-order valence-electron chi connectivity index (χ2n) is 4.20. The first-order valence-electron chi connectivity index (χ1n) is 5.85. The molecule has 1 unspecified atom stereocenters. The Kier molecular flexibility index (Phi) is 3.91. The molecule has 92 valence electrons. The van der Waals surface area contributed by atoms with Crippen molar-refractivity contribution in [3.63, 3.8) is 0 Å². The molecule has 0 aliphatic heterocycles. The molecule has 0 fully saturated rings. The van der Waals surface area contributed by atoms with Gasteiger partial charge in [-0.2, -0.15) is 0 Å². The Bertz CT molecular complexity index is 474. The molecule has 0 aliphatic carbocycles. The van der Waals surface area contributed by atoms with Crippen LogP contribution in [0.25, 0.3) is 0 Å². The van der Waals surface area contributed by atoms with Gasteiger partial charge in [0.1, 0.15) is 5.82 Å². The van der Waals surface area contributed by atoms with E-state index in [0.29, 0.717) is 0 Å². The van der Waals surface area contributed by atoms with Crippen molar-refractivity contribution in [2.75, 3.05) is 0 Å². The van der Waals surface area contributed by atoms with Gasteiger partial charge in [-0.1, -0.05) is 6.92 Å². The highest BCUT2D eigenvalue weighted by atomic mass is 32.1. The number of imidazole rings is 1. The highest BCUT2D eigenvalue weighted by Gasteiger charge is 2.09. The highest BCUT2D eigenvalue weighted by Crippen LogP contribution is 2.11. The molecule has 0 radical (unpaired) electrons. The predicted molar refractivity (Wildman–Crippen MR) is 70.2 cm³/mol. The van der Waals surface area contributed by atoms with E-state index in [2.05, 4.69) is 26.8 Å². The second kappa shape index (κ2) is 5.42. The van der Waals surface area contributed by atoms with Crippen molar-refractivity contribution in [2.45, 2.75) is 39.3 Å². The molecule has 0 saturated carbocycles. The number of hydrogen-bond donors (Lipinski definition) is 1. The van der Waals surface area contributed by atoms with Crippen LogP contribution in [0.5, 0.6) is 0 Å². The summed E-state index contributed by atoms with van der Waals surface area (Å²) in [5.74, 6) is 1.05. The molecule has 2 N–H and O–H groups in total. The third-order valence-corrected chi connectivity index (χ3v) is 3.59. The lowest BCUT2D eigenvalue weighted by atomic mass is 10.1. The zero-order chi connectivity index (χ0) is 12.3. The van der Waals surface area contributed by atoms with Gasteiger partial charge in [-0.3, -0.25) is 0 Å². The lowest BCUT2D eigenvalue weighted by Crippen LogP contribution is -2.23. The van der Waals surface area contributed by atoms with Crippen LogP contribution in [0.15, 0.2) is 17.8 Å². The smallest absolute Gasteiger partial charge is 0.110 e. The van der Waals surface area contributed by atoms with E-state index in [9.17, 15) is 0 Å². The Hall–Kier alpha value is -1.20. The van der Waals surface area contributed by atoms with Crippen molar-refractivity contribution < 1.29 is 0 Å². The van der Waals surface area contributed by atoms with Crippen LogP contribution in [0.2, 0.25) is 0 Å². The highest BCUT2D eigenvalue weighted by molar-refractivity contribution is 7.09. The zero-order valence-electron chi connectivity index (χ0n) is 10.3. The molecule has 5 heteroatoms. The first-order chi connectivity index (χ1) is 8.19. The van der Waals surface area contributed by atoms with Crippen LogP contribution in [0.1, 0.15) is 29.9 Å². The number of thiazole rings is 1. The molecular weight excluding hydrogens is 232 g/mol. The van der Waals surface area contributed by atoms with Crippen LogP contribution in [0.4, 0.5) is 0 Å². The monoisotopic (exact) mass is 250 g/mol. The van der Waals surface area contributed by atoms with Crippen LogP contribution in [0, 0.1) is 6.92 Å². The number of nitrogens with zero attached hydrogens (tertiary/aromatic N) is 3. The average Bonchev–Trinajstić information content (AvgIpc) is 2.89. The van der Waals surface area contributed by atoms with Gasteiger partial charge in [0, 0.05) is 30.2 Å². The van der Waals surface area contributed by atoms with E-state index >= 15 is 0 Å². The SMILES string of the molecule is CCC(N)Cc1nccn1Cc1csc(C)n1. The molecule has 2 rings (SSSR count). The fourth-order valence-corrected chi connectivity index (χ4v) is 2.31. The van der Waals surface area contributed by atoms with E-state index in [1.165, 1.54) is 0 Å². The molecule has 2 aromatic heterocycles. The van der Waals surface area contributed by atoms with Crippen molar-refractivity contribution in [2.24, 2.45) is 5.73 Å². The van der Waals surface area contributed by atoms with Crippen molar-refractivity contribution in [3.8, 4) is 0 Å². The molecule has 4 nitrogen and oxygen atoms in total. The standard InChI is InChI=1S/C12H18N4S/c1-3-10(13)6-12-14-4-5-16(12)7-11-8-17-9(2)15-11/h4-5,8,10H,3,6-7,13H2,1-2H3. The van der Waals surface area contributed by atoms with E-state index in [-0.39, 0.29) is 6.04 Å². The summed E-state index contributed by atoms with van der Waals surface area (Å²) in [6.07, 6.45) is 5.62. The first-order valence-corrected chi connectivity index (χ1v) is 6.73. The van der Waals surface area contributed by atoms with Crippen LogP contribution in [-0.2, 0) is 13.0 Å². The van der Waals surface area contributed by atoms with Gasteiger partial charge < -0.3 is 10.3 Å². The summed E-state index contributed by atoms with van der Waals surface area (Å²) in [6, 6.07) is 0.188. The predicted octanol–water partition coefficient (Wildman–Crippen LogP) is 1.98. The summed E-state index contributed by atoms with van der Waals surface area (Å²) < 4.78 is 2.13. The molecule has 2 aromatic rings. The Morgan fingerprint density at radius 1 is 1.53 bits per heavy atom. The minimum absolute atomic E-state index is 0.188. The number of nitrogens with two attached hydrogens (primary N) is 1. The maximum absolute atomic E-state index is 5.96. The summed E-state index contributed by atoms with van der Waals surface area (Å²) in [5.41, 5.74) is 7.06. The molecule has 0 spiro atoms. The molecule has 0 amide bonds. The Labute approximate surface area is 106 Å². The number of rotatable bonds is 5. The first kappa shape index (κ1) is 12.3. The lowest BCUT2D eigenvalue weighted by molar-refractivity contribution is 0.595. The normalized spacial score (nSPS) is 12.9. The molecule has 0 aliphatic rings. The fraction of sp³-hybridized carbons (Fsp3) is 0.500. The van der Waals surface area contributed by atoms with Gasteiger partial charge in [0.25, 0.3) is 0 Å². The molecular formula is C12H18N4S. The van der Waals surface area contributed by atoms with Gasteiger partial charge >= 0.3 is 0 Å². The van der Waals surface area contributed by atoms with E-state index in [4.69, 9.17) is 5.73 Å². The van der Waals surface area contributed by atoms with Gasteiger partial charge in [0.15, 0.2) is 0 Å². The van der Waals surface area contributed by atoms with Gasteiger partial charge in [-0.25, -0.2) is 9.97 Å². The van der Waals surface area contributed by atoms with Crippen LogP contribution >= 0.6 is 11.3 Å². The van der Waals surface area contributed by atoms with E-state index in [1.54, 1.807) is 11.3 Å². The van der Waals surface area contributed by atoms with Crippen molar-refractivity contribution >= 4 is 11.3 Å². The summed E-state index contributed by atoms with van der Waals surface area (Å²) in [4.78, 5) is 8.83. The minimum Gasteiger partial charge on any atom is -0.329 e. The van der Waals surface area contributed by atoms with Gasteiger partial charge in [-0.15, -0.1) is 11.3 Å².